The molecule has 0 spiro atoms. The Bertz CT molecular complexity index is 740. The second kappa shape index (κ2) is 8.90. The summed E-state index contributed by atoms with van der Waals surface area (Å²) in [6, 6.07) is 7.62. The molecule has 1 aliphatic rings. The van der Waals surface area contributed by atoms with Gasteiger partial charge in [0.1, 0.15) is 5.54 Å². The second-order valence-electron chi connectivity index (χ2n) is 6.75. The molecule has 0 saturated carbocycles. The number of carbonyl (C=O) groups excluding carboxylic acids is 1. The minimum Gasteiger partial charge on any atom is -0.493 e. The Balaban J connectivity index is 1.70. The van der Waals surface area contributed by atoms with Crippen LogP contribution < -0.4 is 20.1 Å². The molecule has 1 aromatic carbocycles. The minimum absolute atomic E-state index is 0.00187. The van der Waals surface area contributed by atoms with E-state index in [0.717, 1.165) is 30.8 Å². The highest BCUT2D eigenvalue weighted by Gasteiger charge is 2.41. The quantitative estimate of drug-likeness (QED) is 0.742. The minimum atomic E-state index is -0.636. The normalized spacial score (nSPS) is 15.9. The number of methoxy groups -OCH3 is 1. The maximum absolute atomic E-state index is 13.1. The maximum atomic E-state index is 13.1. The van der Waals surface area contributed by atoms with Crippen molar-refractivity contribution in [3.05, 3.63) is 42.2 Å². The van der Waals surface area contributed by atoms with E-state index in [-0.39, 0.29) is 5.91 Å². The van der Waals surface area contributed by atoms with Crippen LogP contribution in [0.1, 0.15) is 31.7 Å². The molecular weight excluding hydrogens is 344 g/mol. The summed E-state index contributed by atoms with van der Waals surface area (Å²) >= 11 is 0. The van der Waals surface area contributed by atoms with Gasteiger partial charge in [0.05, 0.1) is 13.7 Å². The second-order valence-corrected chi connectivity index (χ2v) is 6.75. The Labute approximate surface area is 160 Å². The molecule has 7 nitrogen and oxygen atoms in total. The SMILES string of the molecule is CCCOc1ccc(CNC(=O)C2(n3cccn3)CCNCC2)cc1OC. The molecule has 1 fully saturated rings. The number of hydrogen-bond donors (Lipinski definition) is 2. The number of aromatic nitrogens is 2. The Morgan fingerprint density at radius 1 is 1.33 bits per heavy atom. The predicted octanol–water partition coefficient (Wildman–Crippen LogP) is 2.08. The molecule has 2 N–H and O–H groups in total. The van der Waals surface area contributed by atoms with E-state index in [0.29, 0.717) is 31.7 Å². The fraction of sp³-hybridized carbons (Fsp3) is 0.500. The number of carbonyl (C=O) groups is 1. The highest BCUT2D eigenvalue weighted by atomic mass is 16.5. The van der Waals surface area contributed by atoms with Crippen molar-refractivity contribution in [2.24, 2.45) is 0 Å². The summed E-state index contributed by atoms with van der Waals surface area (Å²) in [5.41, 5.74) is 0.330. The molecule has 0 radical (unpaired) electrons. The smallest absolute Gasteiger partial charge is 0.248 e. The van der Waals surface area contributed by atoms with Crippen LogP contribution in [0.25, 0.3) is 0 Å². The molecule has 1 saturated heterocycles. The molecule has 1 aliphatic heterocycles. The first-order chi connectivity index (χ1) is 13.2. The largest absolute Gasteiger partial charge is 0.493 e. The van der Waals surface area contributed by atoms with Crippen molar-refractivity contribution in [1.82, 2.24) is 20.4 Å². The van der Waals surface area contributed by atoms with Gasteiger partial charge in [-0.05, 0) is 56.1 Å². The van der Waals surface area contributed by atoms with Crippen molar-refractivity contribution in [2.75, 3.05) is 26.8 Å². The molecule has 146 valence electrons. The molecule has 3 rings (SSSR count). The van der Waals surface area contributed by atoms with Gasteiger partial charge in [-0.1, -0.05) is 13.0 Å². The van der Waals surface area contributed by atoms with E-state index < -0.39 is 5.54 Å². The van der Waals surface area contributed by atoms with Gasteiger partial charge < -0.3 is 20.1 Å². The zero-order valence-electron chi connectivity index (χ0n) is 16.0. The Kier molecular flexibility index (Phi) is 6.34. The van der Waals surface area contributed by atoms with Crippen LogP contribution in [0.2, 0.25) is 0 Å². The van der Waals surface area contributed by atoms with Crippen LogP contribution in [0.3, 0.4) is 0 Å². The van der Waals surface area contributed by atoms with Crippen molar-refractivity contribution in [3.8, 4) is 11.5 Å². The lowest BCUT2D eigenvalue weighted by atomic mass is 9.87. The van der Waals surface area contributed by atoms with E-state index in [1.807, 2.05) is 30.5 Å². The number of rotatable bonds is 8. The highest BCUT2D eigenvalue weighted by Crippen LogP contribution is 2.29. The molecule has 1 amide bonds. The molecule has 0 unspecified atom stereocenters. The van der Waals surface area contributed by atoms with Crippen molar-refractivity contribution in [3.63, 3.8) is 0 Å². The summed E-state index contributed by atoms with van der Waals surface area (Å²) < 4.78 is 12.9. The third-order valence-corrected chi connectivity index (χ3v) is 4.94. The number of amides is 1. The van der Waals surface area contributed by atoms with Crippen LogP contribution >= 0.6 is 0 Å². The van der Waals surface area contributed by atoms with Gasteiger partial charge in [-0.3, -0.25) is 9.48 Å². The van der Waals surface area contributed by atoms with Gasteiger partial charge in [0.15, 0.2) is 11.5 Å². The van der Waals surface area contributed by atoms with Crippen molar-refractivity contribution in [2.45, 2.75) is 38.3 Å². The van der Waals surface area contributed by atoms with Gasteiger partial charge >= 0.3 is 0 Å². The van der Waals surface area contributed by atoms with Crippen LogP contribution in [0.5, 0.6) is 11.5 Å². The van der Waals surface area contributed by atoms with Crippen LogP contribution in [-0.2, 0) is 16.9 Å². The lowest BCUT2D eigenvalue weighted by molar-refractivity contribution is -0.132. The number of ether oxygens (including phenoxy) is 2. The van der Waals surface area contributed by atoms with E-state index in [1.54, 1.807) is 18.0 Å². The first kappa shape index (κ1) is 19.2. The van der Waals surface area contributed by atoms with E-state index in [4.69, 9.17) is 9.47 Å². The Morgan fingerprint density at radius 2 is 2.15 bits per heavy atom. The highest BCUT2D eigenvalue weighted by molar-refractivity contribution is 5.84. The number of benzene rings is 1. The number of nitrogens with one attached hydrogen (secondary N) is 2. The molecule has 2 heterocycles. The summed E-state index contributed by atoms with van der Waals surface area (Å²) in [6.45, 7) is 4.73. The summed E-state index contributed by atoms with van der Waals surface area (Å²) in [4.78, 5) is 13.1. The molecule has 1 aromatic heterocycles. The van der Waals surface area contributed by atoms with Gasteiger partial charge in [0.25, 0.3) is 0 Å². The fourth-order valence-electron chi connectivity index (χ4n) is 3.42. The molecule has 2 aromatic rings. The zero-order valence-corrected chi connectivity index (χ0v) is 16.0. The number of nitrogens with zero attached hydrogens (tertiary/aromatic N) is 2. The average molecular weight is 372 g/mol. The predicted molar refractivity (Wildman–Crippen MR) is 103 cm³/mol. The van der Waals surface area contributed by atoms with Crippen LogP contribution in [-0.4, -0.2) is 42.5 Å². The van der Waals surface area contributed by atoms with Gasteiger partial charge in [-0.25, -0.2) is 0 Å². The van der Waals surface area contributed by atoms with E-state index in [1.165, 1.54) is 0 Å². The Hall–Kier alpha value is -2.54. The van der Waals surface area contributed by atoms with Gasteiger partial charge in [0.2, 0.25) is 5.91 Å². The third-order valence-electron chi connectivity index (χ3n) is 4.94. The molecule has 7 heteroatoms. The van der Waals surface area contributed by atoms with Crippen molar-refractivity contribution in [1.29, 1.82) is 0 Å². The standard InChI is InChI=1S/C20H28N4O3/c1-3-13-27-17-6-5-16(14-18(17)26-2)15-22-19(25)20(7-10-21-11-8-20)24-12-4-9-23-24/h4-6,9,12,14,21H,3,7-8,10-11,13,15H2,1-2H3,(H,22,25). The van der Waals surface area contributed by atoms with Gasteiger partial charge in [0, 0.05) is 18.9 Å². The van der Waals surface area contributed by atoms with E-state index >= 15 is 0 Å². The van der Waals surface area contributed by atoms with Gasteiger partial charge in [-0.15, -0.1) is 0 Å². The topological polar surface area (TPSA) is 77.4 Å². The third kappa shape index (κ3) is 4.24. The molecule has 0 aliphatic carbocycles. The Morgan fingerprint density at radius 3 is 2.81 bits per heavy atom. The maximum Gasteiger partial charge on any atom is 0.248 e. The molecule has 0 atom stereocenters. The monoisotopic (exact) mass is 372 g/mol. The summed E-state index contributed by atoms with van der Waals surface area (Å²) in [6.07, 6.45) is 5.96. The lowest BCUT2D eigenvalue weighted by Gasteiger charge is -2.36. The average Bonchev–Trinajstić information content (AvgIpc) is 3.26. The first-order valence-electron chi connectivity index (χ1n) is 9.48. The lowest BCUT2D eigenvalue weighted by Crippen LogP contribution is -2.54. The van der Waals surface area contributed by atoms with Crippen molar-refractivity contribution >= 4 is 5.91 Å². The fourth-order valence-corrected chi connectivity index (χ4v) is 3.42. The molecule has 0 bridgehead atoms. The van der Waals surface area contributed by atoms with E-state index in [9.17, 15) is 4.79 Å². The first-order valence-corrected chi connectivity index (χ1v) is 9.48. The van der Waals surface area contributed by atoms with Crippen molar-refractivity contribution < 1.29 is 14.3 Å². The van der Waals surface area contributed by atoms with Crippen LogP contribution in [0.15, 0.2) is 36.7 Å². The van der Waals surface area contributed by atoms with Crippen LogP contribution in [0.4, 0.5) is 0 Å². The molecule has 27 heavy (non-hydrogen) atoms. The van der Waals surface area contributed by atoms with Crippen LogP contribution in [0, 0.1) is 0 Å². The summed E-state index contributed by atoms with van der Waals surface area (Å²) in [5.74, 6) is 1.40. The van der Waals surface area contributed by atoms with Gasteiger partial charge in [-0.2, -0.15) is 5.10 Å². The summed E-state index contributed by atoms with van der Waals surface area (Å²) in [7, 11) is 1.62. The van der Waals surface area contributed by atoms with E-state index in [2.05, 4.69) is 22.7 Å². The zero-order chi connectivity index (χ0) is 19.1. The molecular formula is C20H28N4O3. The number of hydrogen-bond acceptors (Lipinski definition) is 5. The summed E-state index contributed by atoms with van der Waals surface area (Å²) in [5, 5.41) is 10.8. The number of piperidine rings is 1.